The summed E-state index contributed by atoms with van der Waals surface area (Å²) in [4.78, 5) is 13.7. The van der Waals surface area contributed by atoms with Crippen molar-refractivity contribution in [2.45, 2.75) is 33.2 Å². The van der Waals surface area contributed by atoms with Gasteiger partial charge in [-0.3, -0.25) is 4.79 Å². The van der Waals surface area contributed by atoms with Gasteiger partial charge in [-0.2, -0.15) is 0 Å². The summed E-state index contributed by atoms with van der Waals surface area (Å²) in [5, 5.41) is 3.09. The highest BCUT2D eigenvalue weighted by Crippen LogP contribution is 2.27. The van der Waals surface area contributed by atoms with Crippen LogP contribution >= 0.6 is 0 Å². The van der Waals surface area contributed by atoms with E-state index in [1.807, 2.05) is 6.07 Å². The van der Waals surface area contributed by atoms with Crippen LogP contribution in [0.2, 0.25) is 0 Å². The molecule has 2 atom stereocenters. The smallest absolute Gasteiger partial charge is 0.217 e. The van der Waals surface area contributed by atoms with E-state index in [0.29, 0.717) is 11.8 Å². The Balaban J connectivity index is 2.12. The Labute approximate surface area is 116 Å². The van der Waals surface area contributed by atoms with Crippen LogP contribution in [0, 0.1) is 11.8 Å². The minimum atomic E-state index is 0.0717. The quantitative estimate of drug-likeness (QED) is 0.906. The number of anilines is 1. The highest BCUT2D eigenvalue weighted by Gasteiger charge is 2.29. The van der Waals surface area contributed by atoms with Gasteiger partial charge < -0.3 is 10.2 Å². The number of hydrogen-bond acceptors (Lipinski definition) is 2. The van der Waals surface area contributed by atoms with E-state index in [9.17, 15) is 4.79 Å². The van der Waals surface area contributed by atoms with Gasteiger partial charge in [0.1, 0.15) is 0 Å². The fourth-order valence-electron chi connectivity index (χ4n) is 2.86. The number of carbonyl (C=O) groups is 1. The number of carbonyl (C=O) groups excluding carboxylic acids is 1. The van der Waals surface area contributed by atoms with Gasteiger partial charge in [0.05, 0.1) is 0 Å². The number of nitrogens with zero attached hydrogens (tertiary/aromatic N) is 1. The van der Waals surface area contributed by atoms with Crippen molar-refractivity contribution in [3.8, 4) is 0 Å². The van der Waals surface area contributed by atoms with Crippen molar-refractivity contribution >= 4 is 11.6 Å². The maximum atomic E-state index is 11.3. The molecule has 0 bridgehead atoms. The molecule has 3 heteroatoms. The van der Waals surface area contributed by atoms with E-state index < -0.39 is 0 Å². The van der Waals surface area contributed by atoms with Crippen LogP contribution in [0.25, 0.3) is 0 Å². The predicted molar refractivity (Wildman–Crippen MR) is 79.2 cm³/mol. The molecule has 1 aliphatic rings. The molecule has 2 rings (SSSR count). The van der Waals surface area contributed by atoms with E-state index in [0.717, 1.165) is 19.5 Å². The van der Waals surface area contributed by atoms with Crippen LogP contribution in [-0.4, -0.2) is 25.0 Å². The molecule has 19 heavy (non-hydrogen) atoms. The number of hydrogen-bond donors (Lipinski definition) is 1. The molecule has 0 aliphatic carbocycles. The topological polar surface area (TPSA) is 32.3 Å². The molecule has 0 aromatic heterocycles. The summed E-state index contributed by atoms with van der Waals surface area (Å²) in [5.74, 6) is 1.34. The van der Waals surface area contributed by atoms with Gasteiger partial charge in [0.15, 0.2) is 0 Å². The fraction of sp³-hybridized carbons (Fsp3) is 0.562. The molecule has 1 aromatic carbocycles. The molecule has 2 unspecified atom stereocenters. The van der Waals surface area contributed by atoms with Gasteiger partial charge in [0, 0.05) is 31.7 Å². The van der Waals surface area contributed by atoms with E-state index in [1.54, 1.807) is 6.92 Å². The Kier molecular flexibility index (Phi) is 4.46. The fourth-order valence-corrected chi connectivity index (χ4v) is 2.86. The first-order valence-corrected chi connectivity index (χ1v) is 7.13. The van der Waals surface area contributed by atoms with Crippen molar-refractivity contribution in [1.29, 1.82) is 0 Å². The molecule has 1 fully saturated rings. The normalized spacial score (nSPS) is 23.5. The number of para-hydroxylation sites is 1. The molecule has 0 radical (unpaired) electrons. The average Bonchev–Trinajstić information content (AvgIpc) is 2.38. The van der Waals surface area contributed by atoms with Crippen LogP contribution in [0.15, 0.2) is 30.3 Å². The number of benzene rings is 1. The molecule has 1 aliphatic heterocycles. The molecule has 1 saturated heterocycles. The molecular weight excluding hydrogens is 236 g/mol. The second-order valence-corrected chi connectivity index (χ2v) is 5.88. The predicted octanol–water partition coefficient (Wildman–Crippen LogP) is 2.67. The van der Waals surface area contributed by atoms with Crippen molar-refractivity contribution in [3.05, 3.63) is 30.3 Å². The van der Waals surface area contributed by atoms with Crippen LogP contribution in [0.1, 0.15) is 27.2 Å². The third-order valence-corrected chi connectivity index (χ3v) is 3.95. The molecule has 3 nitrogen and oxygen atoms in total. The summed E-state index contributed by atoms with van der Waals surface area (Å²) in [5.41, 5.74) is 1.25. The van der Waals surface area contributed by atoms with Gasteiger partial charge in [-0.1, -0.05) is 32.0 Å². The lowest BCUT2D eigenvalue weighted by Crippen LogP contribution is -2.51. The number of piperidine rings is 1. The minimum absolute atomic E-state index is 0.0717. The van der Waals surface area contributed by atoms with Crippen LogP contribution in [0.4, 0.5) is 5.69 Å². The van der Waals surface area contributed by atoms with E-state index >= 15 is 0 Å². The van der Waals surface area contributed by atoms with E-state index in [1.165, 1.54) is 5.69 Å². The van der Waals surface area contributed by atoms with Crippen LogP contribution in [-0.2, 0) is 4.79 Å². The van der Waals surface area contributed by atoms with Crippen molar-refractivity contribution in [2.24, 2.45) is 11.8 Å². The molecule has 104 valence electrons. The maximum absolute atomic E-state index is 11.3. The Morgan fingerprint density at radius 2 is 1.95 bits per heavy atom. The van der Waals surface area contributed by atoms with Crippen LogP contribution in [0.3, 0.4) is 0 Å². The van der Waals surface area contributed by atoms with Crippen molar-refractivity contribution in [1.82, 2.24) is 5.32 Å². The monoisotopic (exact) mass is 260 g/mol. The van der Waals surface area contributed by atoms with Gasteiger partial charge in [-0.25, -0.2) is 0 Å². The van der Waals surface area contributed by atoms with Gasteiger partial charge in [0.25, 0.3) is 0 Å². The largest absolute Gasteiger partial charge is 0.369 e. The van der Waals surface area contributed by atoms with Gasteiger partial charge in [-0.15, -0.1) is 0 Å². The third-order valence-electron chi connectivity index (χ3n) is 3.95. The molecule has 0 saturated carbocycles. The average molecular weight is 260 g/mol. The van der Waals surface area contributed by atoms with E-state index in [2.05, 4.69) is 48.3 Å². The summed E-state index contributed by atoms with van der Waals surface area (Å²) < 4.78 is 0. The van der Waals surface area contributed by atoms with Crippen molar-refractivity contribution in [2.75, 3.05) is 18.0 Å². The standard InChI is InChI=1S/C16H24N2O/c1-12(2)14-9-15(17-13(3)19)11-18(10-14)16-7-5-4-6-8-16/h4-8,12,14-15H,9-11H2,1-3H3,(H,17,19). The second-order valence-electron chi connectivity index (χ2n) is 5.88. The second kappa shape index (κ2) is 6.09. The maximum Gasteiger partial charge on any atom is 0.217 e. The Morgan fingerprint density at radius 1 is 1.26 bits per heavy atom. The SMILES string of the molecule is CC(=O)NC1CC(C(C)C)CN(c2ccccc2)C1. The number of amides is 1. The van der Waals surface area contributed by atoms with Gasteiger partial charge >= 0.3 is 0 Å². The molecule has 1 N–H and O–H groups in total. The molecule has 1 amide bonds. The number of nitrogens with one attached hydrogen (secondary N) is 1. The first-order valence-electron chi connectivity index (χ1n) is 7.13. The zero-order valence-electron chi connectivity index (χ0n) is 12.1. The van der Waals surface area contributed by atoms with E-state index in [-0.39, 0.29) is 11.9 Å². The van der Waals surface area contributed by atoms with Crippen LogP contribution < -0.4 is 10.2 Å². The zero-order valence-corrected chi connectivity index (χ0v) is 12.1. The summed E-state index contributed by atoms with van der Waals surface area (Å²) in [6.45, 7) is 8.13. The Bertz CT molecular complexity index is 416. The number of rotatable bonds is 3. The molecule has 1 heterocycles. The summed E-state index contributed by atoms with van der Waals surface area (Å²) in [6.07, 6.45) is 1.08. The lowest BCUT2D eigenvalue weighted by molar-refractivity contribution is -0.119. The van der Waals surface area contributed by atoms with Crippen molar-refractivity contribution < 1.29 is 4.79 Å². The lowest BCUT2D eigenvalue weighted by Gasteiger charge is -2.41. The molecule has 1 aromatic rings. The zero-order chi connectivity index (χ0) is 13.8. The third kappa shape index (κ3) is 3.72. The van der Waals surface area contributed by atoms with Crippen molar-refractivity contribution in [3.63, 3.8) is 0 Å². The molecular formula is C16H24N2O. The molecule has 0 spiro atoms. The highest BCUT2D eigenvalue weighted by molar-refractivity contribution is 5.73. The first-order chi connectivity index (χ1) is 9.06. The summed E-state index contributed by atoms with van der Waals surface area (Å²) in [6, 6.07) is 10.7. The Morgan fingerprint density at radius 3 is 2.53 bits per heavy atom. The minimum Gasteiger partial charge on any atom is -0.369 e. The summed E-state index contributed by atoms with van der Waals surface area (Å²) >= 11 is 0. The first kappa shape index (κ1) is 13.9. The summed E-state index contributed by atoms with van der Waals surface area (Å²) in [7, 11) is 0. The van der Waals surface area contributed by atoms with E-state index in [4.69, 9.17) is 0 Å². The van der Waals surface area contributed by atoms with Crippen LogP contribution in [0.5, 0.6) is 0 Å². The lowest BCUT2D eigenvalue weighted by atomic mass is 9.85. The Hall–Kier alpha value is -1.51. The highest BCUT2D eigenvalue weighted by atomic mass is 16.1. The van der Waals surface area contributed by atoms with Gasteiger partial charge in [-0.05, 0) is 30.4 Å². The van der Waals surface area contributed by atoms with Gasteiger partial charge in [0.2, 0.25) is 5.91 Å².